The summed E-state index contributed by atoms with van der Waals surface area (Å²) in [6.45, 7) is 3.66. The van der Waals surface area contributed by atoms with E-state index in [1.54, 1.807) is 6.92 Å². The van der Waals surface area contributed by atoms with Crippen LogP contribution in [-0.4, -0.2) is 21.9 Å². The van der Waals surface area contributed by atoms with Gasteiger partial charge in [0, 0.05) is 11.7 Å². The molecule has 19 heavy (non-hydrogen) atoms. The van der Waals surface area contributed by atoms with Crippen LogP contribution in [0.15, 0.2) is 17.0 Å². The molecule has 2 atom stereocenters. The van der Waals surface area contributed by atoms with E-state index in [0.29, 0.717) is 6.42 Å². The van der Waals surface area contributed by atoms with Crippen molar-refractivity contribution in [1.29, 1.82) is 0 Å². The lowest BCUT2D eigenvalue weighted by Gasteiger charge is -2.11. The van der Waals surface area contributed by atoms with E-state index >= 15 is 0 Å². The molecule has 106 valence electrons. The molecule has 2 unspecified atom stereocenters. The number of benzene rings is 1. The molecule has 1 rings (SSSR count). The van der Waals surface area contributed by atoms with Gasteiger partial charge < -0.3 is 11.1 Å². The van der Waals surface area contributed by atoms with Gasteiger partial charge in [-0.15, -0.1) is 0 Å². The highest BCUT2D eigenvalue weighted by molar-refractivity contribution is 7.85. The molecule has 0 aliphatic heterocycles. The van der Waals surface area contributed by atoms with Gasteiger partial charge in [0.15, 0.2) is 0 Å². The third-order valence-corrected chi connectivity index (χ3v) is 3.90. The maximum atomic E-state index is 13.5. The first kappa shape index (κ1) is 15.6. The summed E-state index contributed by atoms with van der Waals surface area (Å²) in [6, 6.07) is 1.68. The van der Waals surface area contributed by atoms with Gasteiger partial charge in [-0.2, -0.15) is 0 Å². The summed E-state index contributed by atoms with van der Waals surface area (Å²) in [5, 5.41) is 2.58. The molecule has 4 nitrogen and oxygen atoms in total. The second-order valence-corrected chi connectivity index (χ2v) is 5.57. The van der Waals surface area contributed by atoms with Crippen molar-refractivity contribution in [1.82, 2.24) is 5.32 Å². The van der Waals surface area contributed by atoms with E-state index in [0.717, 1.165) is 12.1 Å². The van der Waals surface area contributed by atoms with Gasteiger partial charge >= 0.3 is 0 Å². The quantitative estimate of drug-likeness (QED) is 0.809. The van der Waals surface area contributed by atoms with Crippen molar-refractivity contribution in [3.63, 3.8) is 0 Å². The van der Waals surface area contributed by atoms with Crippen LogP contribution < -0.4 is 11.1 Å². The smallest absolute Gasteiger partial charge is 0.233 e. The number of halogens is 2. The zero-order valence-electron chi connectivity index (χ0n) is 10.7. The maximum Gasteiger partial charge on any atom is 0.233 e. The molecule has 0 bridgehead atoms. The molecular weight excluding hydrogens is 274 g/mol. The van der Waals surface area contributed by atoms with E-state index in [-0.39, 0.29) is 11.7 Å². The van der Waals surface area contributed by atoms with Crippen molar-refractivity contribution in [2.45, 2.75) is 31.2 Å². The van der Waals surface area contributed by atoms with Crippen molar-refractivity contribution < 1.29 is 17.8 Å². The Morgan fingerprint density at radius 1 is 1.42 bits per heavy atom. The van der Waals surface area contributed by atoms with Crippen LogP contribution in [0.5, 0.6) is 0 Å². The predicted octanol–water partition coefficient (Wildman–Crippen LogP) is 1.57. The number of nitrogens with two attached hydrogens (primary N) is 1. The topological polar surface area (TPSA) is 72.2 Å². The Morgan fingerprint density at radius 3 is 2.42 bits per heavy atom. The summed E-state index contributed by atoms with van der Waals surface area (Å²) >= 11 is 0. The van der Waals surface area contributed by atoms with Gasteiger partial charge in [0.25, 0.3) is 0 Å². The number of hydrogen-bond acceptors (Lipinski definition) is 3. The standard InChI is InChI=1S/C12H16F2N2O2S/c1-3-7(2)16-11(17)6-19(18)12-9(13)4-8(15)5-10(12)14/h4-5,7H,3,6,15H2,1-2H3,(H,16,17). The van der Waals surface area contributed by atoms with Crippen molar-refractivity contribution in [2.24, 2.45) is 0 Å². The summed E-state index contributed by atoms with van der Waals surface area (Å²) in [7, 11) is -2.08. The van der Waals surface area contributed by atoms with Crippen LogP contribution in [0, 0.1) is 11.6 Å². The van der Waals surface area contributed by atoms with E-state index in [4.69, 9.17) is 5.73 Å². The molecule has 3 N–H and O–H groups in total. The molecule has 0 spiro atoms. The van der Waals surface area contributed by atoms with Crippen LogP contribution in [0.25, 0.3) is 0 Å². The van der Waals surface area contributed by atoms with Crippen molar-refractivity contribution in [3.05, 3.63) is 23.8 Å². The lowest BCUT2D eigenvalue weighted by Crippen LogP contribution is -2.35. The molecule has 1 aromatic carbocycles. The fourth-order valence-electron chi connectivity index (χ4n) is 1.41. The number of carbonyl (C=O) groups is 1. The fourth-order valence-corrected chi connectivity index (χ4v) is 2.43. The Hall–Kier alpha value is -1.50. The Balaban J connectivity index is 2.82. The minimum Gasteiger partial charge on any atom is -0.399 e. The Morgan fingerprint density at radius 2 is 1.95 bits per heavy atom. The van der Waals surface area contributed by atoms with Gasteiger partial charge in [-0.25, -0.2) is 8.78 Å². The number of carbonyl (C=O) groups excluding carboxylic acids is 1. The average molecular weight is 290 g/mol. The monoisotopic (exact) mass is 290 g/mol. The van der Waals surface area contributed by atoms with E-state index in [2.05, 4.69) is 5.32 Å². The van der Waals surface area contributed by atoms with Crippen molar-refractivity contribution in [2.75, 3.05) is 11.5 Å². The van der Waals surface area contributed by atoms with E-state index in [9.17, 15) is 17.8 Å². The Bertz CT molecular complexity index is 485. The molecule has 0 radical (unpaired) electrons. The number of amides is 1. The highest BCUT2D eigenvalue weighted by Gasteiger charge is 2.20. The number of nitrogens with one attached hydrogen (secondary N) is 1. The zero-order chi connectivity index (χ0) is 14.6. The minimum atomic E-state index is -2.08. The highest BCUT2D eigenvalue weighted by atomic mass is 32.2. The van der Waals surface area contributed by atoms with Crippen molar-refractivity contribution >= 4 is 22.4 Å². The first-order chi connectivity index (χ1) is 8.85. The second kappa shape index (κ2) is 6.60. The molecule has 0 heterocycles. The summed E-state index contributed by atoms with van der Waals surface area (Å²) in [5.74, 6) is -3.01. The van der Waals surface area contributed by atoms with E-state index in [1.165, 1.54) is 0 Å². The zero-order valence-corrected chi connectivity index (χ0v) is 11.5. The molecular formula is C12H16F2N2O2S. The summed E-state index contributed by atoms with van der Waals surface area (Å²) in [4.78, 5) is 10.9. The maximum absolute atomic E-state index is 13.5. The third-order valence-electron chi connectivity index (χ3n) is 2.53. The normalized spacial score (nSPS) is 13.9. The van der Waals surface area contributed by atoms with Gasteiger partial charge in [-0.3, -0.25) is 9.00 Å². The van der Waals surface area contributed by atoms with Crippen LogP contribution in [0.2, 0.25) is 0 Å². The first-order valence-electron chi connectivity index (χ1n) is 5.77. The van der Waals surface area contributed by atoms with Gasteiger partial charge in [0.1, 0.15) is 22.3 Å². The fraction of sp³-hybridized carbons (Fsp3) is 0.417. The van der Waals surface area contributed by atoms with Gasteiger partial charge in [-0.1, -0.05) is 6.92 Å². The molecule has 0 fully saturated rings. The molecule has 7 heteroatoms. The molecule has 0 saturated heterocycles. The van der Waals surface area contributed by atoms with Gasteiger partial charge in [0.05, 0.1) is 10.8 Å². The largest absolute Gasteiger partial charge is 0.399 e. The van der Waals surface area contributed by atoms with Crippen molar-refractivity contribution in [3.8, 4) is 0 Å². The summed E-state index contributed by atoms with van der Waals surface area (Å²) < 4.78 is 38.8. The Kier molecular flexibility index (Phi) is 5.41. The number of nitrogen functional groups attached to an aromatic ring is 1. The van der Waals surface area contributed by atoms with Crippen LogP contribution in [0.4, 0.5) is 14.5 Å². The van der Waals surface area contributed by atoms with Crippen LogP contribution in [0.3, 0.4) is 0 Å². The molecule has 0 saturated carbocycles. The second-order valence-electron chi connectivity index (χ2n) is 4.18. The van der Waals surface area contributed by atoms with E-state index in [1.807, 2.05) is 6.92 Å². The lowest BCUT2D eigenvalue weighted by molar-refractivity contribution is -0.119. The minimum absolute atomic E-state index is 0.0781. The van der Waals surface area contributed by atoms with Crippen LogP contribution in [0.1, 0.15) is 20.3 Å². The molecule has 0 aliphatic rings. The Labute approximate surface area is 112 Å². The molecule has 0 aromatic heterocycles. The van der Waals surface area contributed by atoms with Gasteiger partial charge in [-0.05, 0) is 25.5 Å². The highest BCUT2D eigenvalue weighted by Crippen LogP contribution is 2.20. The van der Waals surface area contributed by atoms with E-state index < -0.39 is 39.0 Å². The molecule has 1 aromatic rings. The SMILES string of the molecule is CCC(C)NC(=O)CS(=O)c1c(F)cc(N)cc1F. The number of anilines is 1. The lowest BCUT2D eigenvalue weighted by atomic mass is 10.3. The summed E-state index contributed by atoms with van der Waals surface area (Å²) in [5.41, 5.74) is 5.16. The predicted molar refractivity (Wildman–Crippen MR) is 69.9 cm³/mol. The number of hydrogen-bond donors (Lipinski definition) is 2. The van der Waals surface area contributed by atoms with Gasteiger partial charge in [0.2, 0.25) is 5.91 Å². The molecule has 0 aliphatic carbocycles. The first-order valence-corrected chi connectivity index (χ1v) is 7.09. The summed E-state index contributed by atoms with van der Waals surface area (Å²) in [6.07, 6.45) is 0.711. The molecule has 1 amide bonds. The van der Waals surface area contributed by atoms with Crippen LogP contribution in [-0.2, 0) is 15.6 Å². The van der Waals surface area contributed by atoms with Crippen LogP contribution >= 0.6 is 0 Å². The third kappa shape index (κ3) is 4.27. The number of rotatable bonds is 5. The average Bonchev–Trinajstić information content (AvgIpc) is 2.26.